The van der Waals surface area contributed by atoms with E-state index >= 15 is 0 Å². The molecule has 0 saturated heterocycles. The normalized spacial score (nSPS) is 16.1. The zero-order valence-corrected chi connectivity index (χ0v) is 13.9. The van der Waals surface area contributed by atoms with Crippen molar-refractivity contribution in [2.24, 2.45) is 0 Å². The minimum atomic E-state index is -0.191. The van der Waals surface area contributed by atoms with Crippen molar-refractivity contribution < 1.29 is 9.59 Å². The van der Waals surface area contributed by atoms with Crippen LogP contribution in [0.4, 0.5) is 16.2 Å². The number of urea groups is 1. The highest BCUT2D eigenvalue weighted by Crippen LogP contribution is 2.31. The number of carbonyl (C=O) groups is 2. The van der Waals surface area contributed by atoms with Crippen molar-refractivity contribution >= 4 is 23.3 Å². The second-order valence-electron chi connectivity index (χ2n) is 6.52. The molecule has 1 saturated carbocycles. The Morgan fingerprint density at radius 3 is 2.84 bits per heavy atom. The number of pyridine rings is 1. The van der Waals surface area contributed by atoms with Crippen molar-refractivity contribution in [3.8, 4) is 0 Å². The third-order valence-corrected chi connectivity index (χ3v) is 4.53. The van der Waals surface area contributed by atoms with E-state index in [0.29, 0.717) is 23.8 Å². The Kier molecular flexibility index (Phi) is 4.09. The number of rotatable bonds is 3. The average molecular weight is 336 g/mol. The number of hydrogen-bond acceptors (Lipinski definition) is 3. The number of nitrogens with one attached hydrogen (secondary N) is 2. The Bertz CT molecular complexity index is 802. The van der Waals surface area contributed by atoms with E-state index in [-0.39, 0.29) is 11.9 Å². The Hall–Kier alpha value is -2.89. The van der Waals surface area contributed by atoms with Gasteiger partial charge in [0.2, 0.25) is 0 Å². The van der Waals surface area contributed by atoms with Crippen LogP contribution in [0.5, 0.6) is 0 Å². The largest absolute Gasteiger partial charge is 0.335 e. The minimum absolute atomic E-state index is 0.0615. The van der Waals surface area contributed by atoms with Gasteiger partial charge in [-0.2, -0.15) is 0 Å². The van der Waals surface area contributed by atoms with Crippen molar-refractivity contribution in [3.05, 3.63) is 53.9 Å². The summed E-state index contributed by atoms with van der Waals surface area (Å²) in [6, 6.07) is 9.42. The first-order chi connectivity index (χ1) is 12.2. The molecule has 0 radical (unpaired) electrons. The highest BCUT2D eigenvalue weighted by atomic mass is 16.2. The number of anilines is 2. The van der Waals surface area contributed by atoms with Crippen molar-refractivity contribution in [1.29, 1.82) is 0 Å². The molecule has 2 heterocycles. The molecule has 1 aromatic carbocycles. The summed E-state index contributed by atoms with van der Waals surface area (Å²) in [5.41, 5.74) is 3.25. The summed E-state index contributed by atoms with van der Waals surface area (Å²) in [6.45, 7) is 0.665. The number of nitrogens with zero attached hydrogens (tertiary/aromatic N) is 2. The fraction of sp³-hybridized carbons (Fsp3) is 0.316. The second-order valence-corrected chi connectivity index (χ2v) is 6.52. The fourth-order valence-electron chi connectivity index (χ4n) is 3.09. The molecule has 1 aliphatic carbocycles. The summed E-state index contributed by atoms with van der Waals surface area (Å²) in [6.07, 6.45) is 7.19. The van der Waals surface area contributed by atoms with E-state index in [1.165, 1.54) is 0 Å². The van der Waals surface area contributed by atoms with Crippen molar-refractivity contribution in [3.63, 3.8) is 0 Å². The van der Waals surface area contributed by atoms with Crippen LogP contribution < -0.4 is 15.5 Å². The van der Waals surface area contributed by atoms with Gasteiger partial charge in [-0.05, 0) is 55.5 Å². The van der Waals surface area contributed by atoms with Crippen LogP contribution in [0.1, 0.15) is 35.2 Å². The maximum Gasteiger partial charge on any atom is 0.319 e. The summed E-state index contributed by atoms with van der Waals surface area (Å²) < 4.78 is 0. The van der Waals surface area contributed by atoms with Crippen molar-refractivity contribution in [2.75, 3.05) is 16.8 Å². The lowest BCUT2D eigenvalue weighted by Crippen LogP contribution is -2.36. The molecule has 1 aromatic heterocycles. The van der Waals surface area contributed by atoms with E-state index in [9.17, 15) is 9.59 Å². The van der Waals surface area contributed by atoms with Crippen LogP contribution in [-0.4, -0.2) is 29.5 Å². The van der Waals surface area contributed by atoms with Gasteiger partial charge in [0, 0.05) is 36.4 Å². The van der Waals surface area contributed by atoms with E-state index in [1.54, 1.807) is 29.4 Å². The summed E-state index contributed by atoms with van der Waals surface area (Å²) in [5.74, 6) is -0.0615. The van der Waals surface area contributed by atoms with Crippen LogP contribution in [0, 0.1) is 0 Å². The van der Waals surface area contributed by atoms with Gasteiger partial charge in [0.05, 0.1) is 5.56 Å². The number of aromatic nitrogens is 1. The number of fused-ring (bicyclic) bond motifs is 1. The molecule has 1 fully saturated rings. The summed E-state index contributed by atoms with van der Waals surface area (Å²) in [5, 5.41) is 5.77. The van der Waals surface area contributed by atoms with Crippen LogP contribution in [-0.2, 0) is 6.42 Å². The molecule has 4 rings (SSSR count). The first kappa shape index (κ1) is 15.6. The third kappa shape index (κ3) is 3.47. The first-order valence-corrected chi connectivity index (χ1v) is 8.63. The van der Waals surface area contributed by atoms with Gasteiger partial charge in [0.15, 0.2) is 0 Å². The molecule has 6 nitrogen and oxygen atoms in total. The summed E-state index contributed by atoms with van der Waals surface area (Å²) in [7, 11) is 0. The van der Waals surface area contributed by atoms with Gasteiger partial charge >= 0.3 is 6.03 Å². The van der Waals surface area contributed by atoms with Gasteiger partial charge in [-0.25, -0.2) is 4.79 Å². The molecule has 3 amide bonds. The van der Waals surface area contributed by atoms with Crippen LogP contribution >= 0.6 is 0 Å². The topological polar surface area (TPSA) is 74.3 Å². The Balaban J connectivity index is 1.57. The lowest BCUT2D eigenvalue weighted by atomic mass is 10.0. The molecule has 128 valence electrons. The van der Waals surface area contributed by atoms with Crippen LogP contribution in [0.15, 0.2) is 42.7 Å². The van der Waals surface area contributed by atoms with Gasteiger partial charge in [-0.1, -0.05) is 6.07 Å². The molecule has 2 aliphatic rings. The molecule has 6 heteroatoms. The number of benzene rings is 1. The number of carbonyl (C=O) groups excluding carboxylic acids is 2. The lowest BCUT2D eigenvalue weighted by Gasteiger charge is -2.30. The zero-order chi connectivity index (χ0) is 17.2. The second kappa shape index (κ2) is 6.55. The van der Waals surface area contributed by atoms with E-state index in [4.69, 9.17) is 0 Å². The number of amides is 3. The lowest BCUT2D eigenvalue weighted by molar-refractivity contribution is 0.0985. The maximum atomic E-state index is 12.8. The fourth-order valence-corrected chi connectivity index (χ4v) is 3.09. The van der Waals surface area contributed by atoms with E-state index in [2.05, 4.69) is 15.6 Å². The third-order valence-electron chi connectivity index (χ3n) is 4.53. The molecule has 0 atom stereocenters. The maximum absolute atomic E-state index is 12.8. The number of hydrogen-bond donors (Lipinski definition) is 2. The molecule has 0 spiro atoms. The van der Waals surface area contributed by atoms with Crippen LogP contribution in [0.2, 0.25) is 0 Å². The van der Waals surface area contributed by atoms with Crippen molar-refractivity contribution in [2.45, 2.75) is 31.7 Å². The Labute approximate surface area is 146 Å². The molecular weight excluding hydrogens is 316 g/mol. The van der Waals surface area contributed by atoms with E-state index < -0.39 is 0 Å². The number of aryl methyl sites for hydroxylation is 1. The molecule has 2 aromatic rings. The van der Waals surface area contributed by atoms with Gasteiger partial charge in [-0.15, -0.1) is 0 Å². The van der Waals surface area contributed by atoms with E-state index in [1.807, 2.05) is 18.2 Å². The SMILES string of the molecule is O=C(Nc1ccc2c(c1)N(C(=O)c1cccnc1)CCC2)NC1CC1. The molecule has 2 N–H and O–H groups in total. The van der Waals surface area contributed by atoms with Crippen LogP contribution in [0.3, 0.4) is 0 Å². The smallest absolute Gasteiger partial charge is 0.319 e. The van der Waals surface area contributed by atoms with Crippen LogP contribution in [0.25, 0.3) is 0 Å². The summed E-state index contributed by atoms with van der Waals surface area (Å²) >= 11 is 0. The van der Waals surface area contributed by atoms with Crippen molar-refractivity contribution in [1.82, 2.24) is 10.3 Å². The molecule has 1 aliphatic heterocycles. The standard InChI is InChI=1S/C19H20N4O2/c24-18(14-3-1-9-20-12-14)23-10-2-4-13-5-6-16(11-17(13)23)22-19(25)21-15-7-8-15/h1,3,5-6,9,11-12,15H,2,4,7-8,10H2,(H2,21,22,25). The van der Waals surface area contributed by atoms with Gasteiger partial charge in [-0.3, -0.25) is 9.78 Å². The molecular formula is C19H20N4O2. The highest BCUT2D eigenvalue weighted by molar-refractivity contribution is 6.07. The Morgan fingerprint density at radius 1 is 1.20 bits per heavy atom. The molecule has 0 bridgehead atoms. The monoisotopic (exact) mass is 336 g/mol. The summed E-state index contributed by atoms with van der Waals surface area (Å²) in [4.78, 5) is 30.6. The zero-order valence-electron chi connectivity index (χ0n) is 13.9. The average Bonchev–Trinajstić information content (AvgIpc) is 3.45. The molecule has 25 heavy (non-hydrogen) atoms. The quantitative estimate of drug-likeness (QED) is 0.905. The van der Waals surface area contributed by atoms with Gasteiger partial charge in [0.1, 0.15) is 0 Å². The first-order valence-electron chi connectivity index (χ1n) is 8.63. The highest BCUT2D eigenvalue weighted by Gasteiger charge is 2.25. The van der Waals surface area contributed by atoms with Gasteiger partial charge in [0.25, 0.3) is 5.91 Å². The van der Waals surface area contributed by atoms with Gasteiger partial charge < -0.3 is 15.5 Å². The van der Waals surface area contributed by atoms with E-state index in [0.717, 1.165) is 36.9 Å². The molecule has 0 unspecified atom stereocenters. The minimum Gasteiger partial charge on any atom is -0.335 e. The predicted molar refractivity (Wildman–Crippen MR) is 95.9 cm³/mol. The Morgan fingerprint density at radius 2 is 2.08 bits per heavy atom. The predicted octanol–water partition coefficient (Wildman–Crippen LogP) is 2.96.